The lowest BCUT2D eigenvalue weighted by molar-refractivity contribution is -0.119. The average molecular weight is 343 g/mol. The van der Waals surface area contributed by atoms with Crippen molar-refractivity contribution in [2.24, 2.45) is 5.10 Å². The summed E-state index contributed by atoms with van der Waals surface area (Å²) in [6.45, 7) is 2.20. The summed E-state index contributed by atoms with van der Waals surface area (Å²) >= 11 is 0. The van der Waals surface area contributed by atoms with Gasteiger partial charge in [-0.05, 0) is 43.2 Å². The Labute approximate surface area is 146 Å². The molecule has 0 saturated heterocycles. The molecule has 0 spiro atoms. The standard InChI is InChI=1S/C18H21N3O4/c1-13(20-21-18(23)16-4-3-11-25-16)12-17(22)19-10-9-14-5-7-15(24-2)8-6-14/h3-8,11H,9-10,12H2,1-2H3,(H,19,22)(H,21,23)/b20-13+. The van der Waals surface area contributed by atoms with Gasteiger partial charge in [-0.1, -0.05) is 12.1 Å². The van der Waals surface area contributed by atoms with Gasteiger partial charge >= 0.3 is 5.91 Å². The van der Waals surface area contributed by atoms with Gasteiger partial charge in [-0.25, -0.2) is 5.43 Å². The molecular formula is C18H21N3O4. The number of hydrogen-bond donors (Lipinski definition) is 2. The first-order valence-electron chi connectivity index (χ1n) is 7.85. The highest BCUT2D eigenvalue weighted by Crippen LogP contribution is 2.11. The van der Waals surface area contributed by atoms with E-state index in [1.54, 1.807) is 20.1 Å². The number of hydrogen-bond acceptors (Lipinski definition) is 5. The van der Waals surface area contributed by atoms with Crippen molar-refractivity contribution in [2.45, 2.75) is 19.8 Å². The predicted octanol–water partition coefficient (Wildman–Crippen LogP) is 2.14. The molecule has 1 heterocycles. The fourth-order valence-corrected chi connectivity index (χ4v) is 2.08. The van der Waals surface area contributed by atoms with Crippen molar-refractivity contribution in [3.8, 4) is 5.75 Å². The zero-order valence-electron chi connectivity index (χ0n) is 14.2. The molecule has 7 nitrogen and oxygen atoms in total. The Hall–Kier alpha value is -3.09. The summed E-state index contributed by atoms with van der Waals surface area (Å²) in [5.41, 5.74) is 3.96. The van der Waals surface area contributed by atoms with Crippen LogP contribution in [0.25, 0.3) is 0 Å². The monoisotopic (exact) mass is 343 g/mol. The van der Waals surface area contributed by atoms with Crippen LogP contribution in [0, 0.1) is 0 Å². The first-order valence-corrected chi connectivity index (χ1v) is 7.85. The number of carbonyl (C=O) groups is 2. The molecule has 0 aliphatic rings. The minimum Gasteiger partial charge on any atom is -0.497 e. The van der Waals surface area contributed by atoms with Crippen LogP contribution in [-0.4, -0.2) is 31.2 Å². The largest absolute Gasteiger partial charge is 0.497 e. The fourth-order valence-electron chi connectivity index (χ4n) is 2.08. The van der Waals surface area contributed by atoms with Crippen LogP contribution in [0.3, 0.4) is 0 Å². The Morgan fingerprint density at radius 3 is 2.60 bits per heavy atom. The fraction of sp³-hybridized carbons (Fsp3) is 0.278. The highest BCUT2D eigenvalue weighted by Gasteiger charge is 2.08. The summed E-state index contributed by atoms with van der Waals surface area (Å²) < 4.78 is 10.1. The van der Waals surface area contributed by atoms with Crippen molar-refractivity contribution in [1.29, 1.82) is 0 Å². The van der Waals surface area contributed by atoms with Crippen LogP contribution in [0.15, 0.2) is 52.2 Å². The molecule has 0 aliphatic heterocycles. The number of rotatable bonds is 8. The Bertz CT molecular complexity index is 721. The maximum Gasteiger partial charge on any atom is 0.307 e. The molecule has 0 radical (unpaired) electrons. The number of furan rings is 1. The van der Waals surface area contributed by atoms with Crippen molar-refractivity contribution in [1.82, 2.24) is 10.7 Å². The molecule has 2 rings (SSSR count). The molecule has 132 valence electrons. The smallest absolute Gasteiger partial charge is 0.307 e. The zero-order valence-corrected chi connectivity index (χ0v) is 14.2. The topological polar surface area (TPSA) is 92.9 Å². The van der Waals surface area contributed by atoms with Crippen molar-refractivity contribution >= 4 is 17.5 Å². The molecule has 0 saturated carbocycles. The third kappa shape index (κ3) is 6.14. The van der Waals surface area contributed by atoms with Gasteiger partial charge in [0.25, 0.3) is 0 Å². The van der Waals surface area contributed by atoms with Gasteiger partial charge in [-0.2, -0.15) is 5.10 Å². The van der Waals surface area contributed by atoms with E-state index in [1.807, 2.05) is 24.3 Å². The van der Waals surface area contributed by atoms with Crippen LogP contribution in [0.4, 0.5) is 0 Å². The summed E-state index contributed by atoms with van der Waals surface area (Å²) in [4.78, 5) is 23.5. The van der Waals surface area contributed by atoms with E-state index in [4.69, 9.17) is 9.15 Å². The third-order valence-corrected chi connectivity index (χ3v) is 3.40. The predicted molar refractivity (Wildman–Crippen MR) is 93.6 cm³/mol. The van der Waals surface area contributed by atoms with Crippen molar-refractivity contribution in [3.63, 3.8) is 0 Å². The Morgan fingerprint density at radius 2 is 1.96 bits per heavy atom. The van der Waals surface area contributed by atoms with Gasteiger partial charge in [-0.3, -0.25) is 9.59 Å². The zero-order chi connectivity index (χ0) is 18.1. The van der Waals surface area contributed by atoms with E-state index in [1.165, 1.54) is 12.3 Å². The maximum absolute atomic E-state index is 11.9. The number of nitrogens with one attached hydrogen (secondary N) is 2. The summed E-state index contributed by atoms with van der Waals surface area (Å²) in [6, 6.07) is 10.8. The molecule has 0 aliphatic carbocycles. The summed E-state index contributed by atoms with van der Waals surface area (Å²) in [5.74, 6) is 0.364. The summed E-state index contributed by atoms with van der Waals surface area (Å²) in [7, 11) is 1.62. The van der Waals surface area contributed by atoms with E-state index in [0.717, 1.165) is 17.7 Å². The van der Waals surface area contributed by atoms with Gasteiger partial charge in [0.2, 0.25) is 5.91 Å². The van der Waals surface area contributed by atoms with Crippen molar-refractivity contribution in [2.75, 3.05) is 13.7 Å². The van der Waals surface area contributed by atoms with Gasteiger partial charge in [-0.15, -0.1) is 0 Å². The van der Waals surface area contributed by atoms with E-state index in [-0.39, 0.29) is 18.1 Å². The van der Waals surface area contributed by atoms with Gasteiger partial charge < -0.3 is 14.5 Å². The quantitative estimate of drug-likeness (QED) is 0.567. The minimum absolute atomic E-state index is 0.112. The first kappa shape index (κ1) is 18.3. The van der Waals surface area contributed by atoms with E-state index in [9.17, 15) is 9.59 Å². The molecule has 0 bridgehead atoms. The van der Waals surface area contributed by atoms with E-state index in [2.05, 4.69) is 15.8 Å². The molecule has 1 aromatic heterocycles. The lowest BCUT2D eigenvalue weighted by Crippen LogP contribution is -2.28. The first-order chi connectivity index (χ1) is 12.1. The number of ether oxygens (including phenoxy) is 1. The van der Waals surface area contributed by atoms with Gasteiger partial charge in [0.15, 0.2) is 5.76 Å². The number of carbonyl (C=O) groups excluding carboxylic acids is 2. The maximum atomic E-state index is 11.9. The Morgan fingerprint density at radius 1 is 1.20 bits per heavy atom. The molecular weight excluding hydrogens is 322 g/mol. The van der Waals surface area contributed by atoms with Gasteiger partial charge in [0.1, 0.15) is 5.75 Å². The van der Waals surface area contributed by atoms with Crippen LogP contribution in [0.5, 0.6) is 5.75 Å². The second-order valence-electron chi connectivity index (χ2n) is 5.39. The van der Waals surface area contributed by atoms with E-state index < -0.39 is 5.91 Å². The molecule has 0 fully saturated rings. The molecule has 2 N–H and O–H groups in total. The van der Waals surface area contributed by atoms with Crippen LogP contribution in [-0.2, 0) is 11.2 Å². The van der Waals surface area contributed by atoms with E-state index >= 15 is 0 Å². The molecule has 2 aromatic rings. The number of amides is 2. The normalized spacial score (nSPS) is 11.0. The summed E-state index contributed by atoms with van der Waals surface area (Å²) in [5, 5.41) is 6.71. The number of methoxy groups -OCH3 is 1. The van der Waals surface area contributed by atoms with Crippen molar-refractivity contribution < 1.29 is 18.7 Å². The van der Waals surface area contributed by atoms with E-state index in [0.29, 0.717) is 12.3 Å². The number of hydrazone groups is 1. The van der Waals surface area contributed by atoms with Crippen LogP contribution >= 0.6 is 0 Å². The van der Waals surface area contributed by atoms with Gasteiger partial charge in [0.05, 0.1) is 19.8 Å². The number of nitrogens with zero attached hydrogens (tertiary/aromatic N) is 1. The molecule has 25 heavy (non-hydrogen) atoms. The van der Waals surface area contributed by atoms with Crippen LogP contribution in [0.1, 0.15) is 29.5 Å². The highest BCUT2D eigenvalue weighted by molar-refractivity contribution is 6.00. The van der Waals surface area contributed by atoms with Gasteiger partial charge in [0, 0.05) is 12.3 Å². The lowest BCUT2D eigenvalue weighted by atomic mass is 10.1. The van der Waals surface area contributed by atoms with Crippen molar-refractivity contribution in [3.05, 3.63) is 54.0 Å². The Kier molecular flexibility index (Phi) is 6.76. The minimum atomic E-state index is -0.454. The molecule has 7 heteroatoms. The lowest BCUT2D eigenvalue weighted by Gasteiger charge is -2.06. The molecule has 1 aromatic carbocycles. The summed E-state index contributed by atoms with van der Waals surface area (Å²) in [6.07, 6.45) is 2.24. The molecule has 2 amide bonds. The Balaban J connectivity index is 1.69. The molecule has 0 unspecified atom stereocenters. The second-order valence-corrected chi connectivity index (χ2v) is 5.39. The highest BCUT2D eigenvalue weighted by atomic mass is 16.5. The average Bonchev–Trinajstić information content (AvgIpc) is 3.15. The SMILES string of the molecule is COc1ccc(CCNC(=O)C/C(C)=N/NC(=O)c2ccco2)cc1. The van der Waals surface area contributed by atoms with Crippen LogP contribution < -0.4 is 15.5 Å². The number of benzene rings is 1. The molecule has 0 atom stereocenters. The van der Waals surface area contributed by atoms with Crippen LogP contribution in [0.2, 0.25) is 0 Å². The third-order valence-electron chi connectivity index (χ3n) is 3.40. The second kappa shape index (κ2) is 9.27.